The van der Waals surface area contributed by atoms with Crippen molar-refractivity contribution < 1.29 is 4.74 Å². The van der Waals surface area contributed by atoms with Gasteiger partial charge in [-0.2, -0.15) is 5.10 Å². The van der Waals surface area contributed by atoms with Crippen molar-refractivity contribution in [3.05, 3.63) is 41.9 Å². The molecule has 8 heteroatoms. The number of thiophene rings is 1. The maximum absolute atomic E-state index is 6.32. The summed E-state index contributed by atoms with van der Waals surface area (Å²) in [7, 11) is 1.72. The van der Waals surface area contributed by atoms with Crippen molar-refractivity contribution in [2.75, 3.05) is 39.0 Å². The van der Waals surface area contributed by atoms with Crippen molar-refractivity contribution in [2.45, 2.75) is 19.9 Å². The smallest absolute Gasteiger partial charge is 0.152 e. The molecule has 1 aliphatic heterocycles. The molecule has 0 radical (unpaired) electrons. The number of hydrogen-bond acceptors (Lipinski definition) is 7. The molecule has 4 aromatic rings. The zero-order valence-electron chi connectivity index (χ0n) is 17.3. The number of nitrogens with one attached hydrogen (secondary N) is 1. The van der Waals surface area contributed by atoms with Gasteiger partial charge < -0.3 is 15.8 Å². The summed E-state index contributed by atoms with van der Waals surface area (Å²) in [6.07, 6.45) is 2.69. The number of methoxy groups -OCH3 is 1. The summed E-state index contributed by atoms with van der Waals surface area (Å²) in [6.45, 7) is 7.13. The minimum absolute atomic E-state index is 0.504. The van der Waals surface area contributed by atoms with Crippen LogP contribution in [0.15, 0.2) is 30.6 Å². The van der Waals surface area contributed by atoms with E-state index >= 15 is 0 Å². The SMILES string of the molecule is COc1cc(C)cc2cc(-c3cc(CN4CCCNCC4)n4ncnc(N)c34)sc12. The van der Waals surface area contributed by atoms with E-state index in [9.17, 15) is 0 Å². The molecule has 7 nitrogen and oxygen atoms in total. The predicted molar refractivity (Wildman–Crippen MR) is 122 cm³/mol. The zero-order valence-corrected chi connectivity index (χ0v) is 18.1. The minimum Gasteiger partial charge on any atom is -0.495 e. The van der Waals surface area contributed by atoms with Gasteiger partial charge >= 0.3 is 0 Å². The largest absolute Gasteiger partial charge is 0.495 e. The van der Waals surface area contributed by atoms with Gasteiger partial charge in [-0.1, -0.05) is 6.07 Å². The summed E-state index contributed by atoms with van der Waals surface area (Å²) in [5.41, 5.74) is 10.6. The van der Waals surface area contributed by atoms with Crippen molar-refractivity contribution in [3.63, 3.8) is 0 Å². The first-order valence-corrected chi connectivity index (χ1v) is 11.1. The lowest BCUT2D eigenvalue weighted by molar-refractivity contribution is 0.279. The maximum Gasteiger partial charge on any atom is 0.152 e. The first-order chi connectivity index (χ1) is 14.6. The average molecular weight is 423 g/mol. The third-order valence-corrected chi connectivity index (χ3v) is 6.89. The Bertz CT molecular complexity index is 1210. The van der Waals surface area contributed by atoms with Crippen LogP contribution in [0.2, 0.25) is 0 Å². The Balaban J connectivity index is 1.63. The molecule has 4 heterocycles. The van der Waals surface area contributed by atoms with Gasteiger partial charge in [-0.25, -0.2) is 9.50 Å². The van der Waals surface area contributed by atoms with Crippen LogP contribution in [0.25, 0.3) is 26.0 Å². The molecule has 30 heavy (non-hydrogen) atoms. The van der Waals surface area contributed by atoms with E-state index < -0.39 is 0 Å². The highest BCUT2D eigenvalue weighted by Gasteiger charge is 2.20. The Labute approximate surface area is 179 Å². The number of nitrogens with zero attached hydrogens (tertiary/aromatic N) is 4. The van der Waals surface area contributed by atoms with Gasteiger partial charge in [0.25, 0.3) is 0 Å². The Hall–Kier alpha value is -2.68. The van der Waals surface area contributed by atoms with E-state index in [-0.39, 0.29) is 0 Å². The average Bonchev–Trinajstić information content (AvgIpc) is 3.21. The van der Waals surface area contributed by atoms with Crippen LogP contribution in [-0.4, -0.2) is 52.8 Å². The monoisotopic (exact) mass is 422 g/mol. The number of benzene rings is 1. The van der Waals surface area contributed by atoms with E-state index in [1.165, 1.54) is 17.3 Å². The molecule has 156 valence electrons. The molecule has 0 unspecified atom stereocenters. The number of nitrogens with two attached hydrogens (primary N) is 1. The van der Waals surface area contributed by atoms with Gasteiger partial charge in [-0.15, -0.1) is 11.3 Å². The summed E-state index contributed by atoms with van der Waals surface area (Å²) in [6, 6.07) is 8.72. The number of aromatic nitrogens is 3. The summed E-state index contributed by atoms with van der Waals surface area (Å²) in [5, 5.41) is 9.19. The van der Waals surface area contributed by atoms with Crippen molar-refractivity contribution >= 4 is 32.8 Å². The lowest BCUT2D eigenvalue weighted by Crippen LogP contribution is -2.28. The maximum atomic E-state index is 6.32. The van der Waals surface area contributed by atoms with Crippen LogP contribution in [0.4, 0.5) is 5.82 Å². The highest BCUT2D eigenvalue weighted by Crippen LogP contribution is 2.42. The molecule has 1 aliphatic rings. The molecule has 3 aromatic heterocycles. The highest BCUT2D eigenvalue weighted by molar-refractivity contribution is 7.22. The van der Waals surface area contributed by atoms with Crippen LogP contribution >= 0.6 is 11.3 Å². The van der Waals surface area contributed by atoms with Crippen LogP contribution in [0, 0.1) is 6.92 Å². The normalized spacial score (nSPS) is 15.7. The molecular weight excluding hydrogens is 396 g/mol. The van der Waals surface area contributed by atoms with E-state index in [0.717, 1.165) is 71.2 Å². The second-order valence-electron chi connectivity index (χ2n) is 7.83. The second kappa shape index (κ2) is 7.86. The molecule has 0 bridgehead atoms. The number of hydrogen-bond donors (Lipinski definition) is 2. The molecule has 5 rings (SSSR count). The lowest BCUT2D eigenvalue weighted by Gasteiger charge is -2.18. The quantitative estimate of drug-likeness (QED) is 0.525. The highest BCUT2D eigenvalue weighted by atomic mass is 32.1. The third kappa shape index (κ3) is 3.40. The van der Waals surface area contributed by atoms with Gasteiger partial charge in [-0.05, 0) is 55.6 Å². The molecular formula is C22H26N6OS. The molecule has 1 saturated heterocycles. The topological polar surface area (TPSA) is 80.7 Å². The third-order valence-electron chi connectivity index (χ3n) is 5.69. The first kappa shape index (κ1) is 19.3. The fourth-order valence-electron chi connectivity index (χ4n) is 4.27. The van der Waals surface area contributed by atoms with Crippen LogP contribution in [0.3, 0.4) is 0 Å². The number of fused-ring (bicyclic) bond motifs is 2. The Morgan fingerprint density at radius 3 is 2.97 bits per heavy atom. The molecule has 0 atom stereocenters. The molecule has 0 amide bonds. The zero-order chi connectivity index (χ0) is 20.7. The van der Waals surface area contributed by atoms with Crippen molar-refractivity contribution in [3.8, 4) is 16.2 Å². The standard InChI is InChI=1S/C22H26N6OS/c1-14-8-15-10-19(30-21(15)18(9-14)29-2)17-11-16(12-27-6-3-4-24-5-7-27)28-20(17)22(23)25-13-26-28/h8-11,13,24H,3-7,12H2,1-2H3,(H2,23,25,26). The van der Waals surface area contributed by atoms with Gasteiger partial charge in [0, 0.05) is 30.1 Å². The minimum atomic E-state index is 0.504. The Morgan fingerprint density at radius 1 is 1.20 bits per heavy atom. The molecule has 3 N–H and O–H groups in total. The van der Waals surface area contributed by atoms with Crippen molar-refractivity contribution in [1.29, 1.82) is 0 Å². The van der Waals surface area contributed by atoms with E-state index in [2.05, 4.69) is 51.5 Å². The van der Waals surface area contributed by atoms with Crippen molar-refractivity contribution in [2.24, 2.45) is 0 Å². The Morgan fingerprint density at radius 2 is 2.10 bits per heavy atom. The Kier molecular flexibility index (Phi) is 5.06. The van der Waals surface area contributed by atoms with Gasteiger partial charge in [0.15, 0.2) is 5.82 Å². The summed E-state index contributed by atoms with van der Waals surface area (Å²) >= 11 is 1.72. The lowest BCUT2D eigenvalue weighted by atomic mass is 10.1. The summed E-state index contributed by atoms with van der Waals surface area (Å²) in [4.78, 5) is 7.90. The molecule has 1 fully saturated rings. The molecule has 0 aliphatic carbocycles. The van der Waals surface area contributed by atoms with Gasteiger partial charge in [0.2, 0.25) is 0 Å². The second-order valence-corrected chi connectivity index (χ2v) is 8.88. The number of nitrogen functional groups attached to an aromatic ring is 1. The van der Waals surface area contributed by atoms with Crippen LogP contribution in [-0.2, 0) is 6.54 Å². The summed E-state index contributed by atoms with van der Waals surface area (Å²) in [5.74, 6) is 1.41. The van der Waals surface area contributed by atoms with Gasteiger partial charge in [0.05, 0.1) is 17.5 Å². The number of rotatable bonds is 4. The first-order valence-electron chi connectivity index (χ1n) is 10.3. The van der Waals surface area contributed by atoms with Gasteiger partial charge in [-0.3, -0.25) is 4.90 Å². The fraction of sp³-hybridized carbons (Fsp3) is 0.364. The van der Waals surface area contributed by atoms with E-state index in [1.807, 2.05) is 4.52 Å². The molecule has 0 spiro atoms. The number of ether oxygens (including phenoxy) is 1. The van der Waals surface area contributed by atoms with Gasteiger partial charge in [0.1, 0.15) is 17.6 Å². The fourth-order valence-corrected chi connectivity index (χ4v) is 5.42. The molecule has 1 aromatic carbocycles. The van der Waals surface area contributed by atoms with E-state index in [4.69, 9.17) is 10.5 Å². The van der Waals surface area contributed by atoms with E-state index in [0.29, 0.717) is 5.82 Å². The van der Waals surface area contributed by atoms with Crippen LogP contribution in [0.1, 0.15) is 17.7 Å². The predicted octanol–water partition coefficient (Wildman–Crippen LogP) is 3.31. The van der Waals surface area contributed by atoms with Crippen LogP contribution < -0.4 is 15.8 Å². The van der Waals surface area contributed by atoms with Crippen LogP contribution in [0.5, 0.6) is 5.75 Å². The van der Waals surface area contributed by atoms with Crippen molar-refractivity contribution in [1.82, 2.24) is 24.8 Å². The summed E-state index contributed by atoms with van der Waals surface area (Å²) < 4.78 is 8.74. The van der Waals surface area contributed by atoms with E-state index in [1.54, 1.807) is 18.4 Å². The molecule has 0 saturated carbocycles. The number of aryl methyl sites for hydroxylation is 1. The number of anilines is 1.